The number of hydrogen-bond donors (Lipinski definition) is 2. The van der Waals surface area contributed by atoms with Gasteiger partial charge in [0.05, 0.1) is 13.2 Å². The summed E-state index contributed by atoms with van der Waals surface area (Å²) in [5.74, 6) is -1.13. The van der Waals surface area contributed by atoms with E-state index in [2.05, 4.69) is 5.32 Å². The highest BCUT2D eigenvalue weighted by Gasteiger charge is 2.42. The molecule has 5 heteroatoms. The molecule has 19 heavy (non-hydrogen) atoms. The molecule has 0 aromatic heterocycles. The van der Waals surface area contributed by atoms with Crippen LogP contribution in [0.25, 0.3) is 0 Å². The van der Waals surface area contributed by atoms with Crippen LogP contribution in [0.1, 0.15) is 52.4 Å². The number of nitrogens with one attached hydrogen (secondary N) is 1. The lowest BCUT2D eigenvalue weighted by molar-refractivity contribution is -0.180. The fourth-order valence-corrected chi connectivity index (χ4v) is 3.18. The third-order valence-electron chi connectivity index (χ3n) is 4.31. The fraction of sp³-hybridized carbons (Fsp3) is 0.929. The summed E-state index contributed by atoms with van der Waals surface area (Å²) in [5.41, 5.74) is -0.818. The van der Waals surface area contributed by atoms with Gasteiger partial charge in [-0.05, 0) is 26.2 Å². The van der Waals surface area contributed by atoms with Gasteiger partial charge in [-0.2, -0.15) is 0 Å². The molecule has 1 aliphatic carbocycles. The Morgan fingerprint density at radius 1 is 1.37 bits per heavy atom. The summed E-state index contributed by atoms with van der Waals surface area (Å²) in [6.45, 7) is 5.16. The minimum absolute atomic E-state index is 0.242. The van der Waals surface area contributed by atoms with E-state index in [0.717, 1.165) is 32.1 Å². The summed E-state index contributed by atoms with van der Waals surface area (Å²) in [6, 6.07) is 0.242. The number of carbonyl (C=O) groups is 1. The molecule has 2 N–H and O–H groups in total. The van der Waals surface area contributed by atoms with Gasteiger partial charge in [-0.1, -0.05) is 13.3 Å². The Balaban J connectivity index is 1.88. The maximum atomic E-state index is 11.4. The summed E-state index contributed by atoms with van der Waals surface area (Å²) in [4.78, 5) is 11.4. The average Bonchev–Trinajstić information content (AvgIpc) is 2.81. The molecule has 0 aromatic carbocycles. The summed E-state index contributed by atoms with van der Waals surface area (Å²) < 4.78 is 11.4. The molecule has 1 saturated carbocycles. The van der Waals surface area contributed by atoms with E-state index in [1.807, 2.05) is 6.92 Å². The monoisotopic (exact) mass is 271 g/mol. The Hall–Kier alpha value is -0.650. The highest BCUT2D eigenvalue weighted by molar-refractivity contribution is 5.78. The second kappa shape index (κ2) is 5.77. The van der Waals surface area contributed by atoms with Crippen molar-refractivity contribution in [3.8, 4) is 0 Å². The van der Waals surface area contributed by atoms with Gasteiger partial charge >= 0.3 is 5.97 Å². The molecule has 1 atom stereocenters. The Labute approximate surface area is 114 Å². The molecule has 0 amide bonds. The molecule has 0 radical (unpaired) electrons. The lowest BCUT2D eigenvalue weighted by Gasteiger charge is -2.39. The quantitative estimate of drug-likeness (QED) is 0.799. The Kier molecular flexibility index (Phi) is 4.48. The van der Waals surface area contributed by atoms with Crippen molar-refractivity contribution in [2.24, 2.45) is 0 Å². The molecular weight excluding hydrogens is 246 g/mol. The zero-order valence-electron chi connectivity index (χ0n) is 11.9. The molecule has 1 saturated heterocycles. The summed E-state index contributed by atoms with van der Waals surface area (Å²) >= 11 is 0. The van der Waals surface area contributed by atoms with E-state index in [1.54, 1.807) is 6.92 Å². The van der Waals surface area contributed by atoms with E-state index >= 15 is 0 Å². The van der Waals surface area contributed by atoms with Crippen LogP contribution in [-0.4, -0.2) is 41.7 Å². The molecule has 2 fully saturated rings. The second-order valence-corrected chi connectivity index (χ2v) is 5.91. The predicted molar refractivity (Wildman–Crippen MR) is 71.0 cm³/mol. The lowest BCUT2D eigenvalue weighted by atomic mass is 9.87. The molecule has 1 aliphatic heterocycles. The van der Waals surface area contributed by atoms with Gasteiger partial charge in [0.2, 0.25) is 0 Å². The van der Waals surface area contributed by atoms with Gasteiger partial charge in [0.25, 0.3) is 0 Å². The molecule has 0 aromatic rings. The topological polar surface area (TPSA) is 67.8 Å². The number of hydrogen-bond acceptors (Lipinski definition) is 4. The van der Waals surface area contributed by atoms with Crippen molar-refractivity contribution in [3.05, 3.63) is 0 Å². The van der Waals surface area contributed by atoms with Crippen molar-refractivity contribution in [1.29, 1.82) is 0 Å². The SMILES string of the molecule is CCCC(C)(NC1CCC2(CC1)OCCO2)C(=O)O. The van der Waals surface area contributed by atoms with Crippen molar-refractivity contribution in [2.75, 3.05) is 13.2 Å². The average molecular weight is 271 g/mol. The van der Waals surface area contributed by atoms with Gasteiger partial charge < -0.3 is 14.6 Å². The van der Waals surface area contributed by atoms with Crippen LogP contribution >= 0.6 is 0 Å². The Morgan fingerprint density at radius 2 is 1.95 bits per heavy atom. The number of rotatable bonds is 5. The Morgan fingerprint density at radius 3 is 2.42 bits per heavy atom. The number of ether oxygens (including phenoxy) is 2. The van der Waals surface area contributed by atoms with Crippen LogP contribution in [0, 0.1) is 0 Å². The van der Waals surface area contributed by atoms with Gasteiger partial charge in [-0.25, -0.2) is 0 Å². The van der Waals surface area contributed by atoms with Gasteiger partial charge in [-0.3, -0.25) is 10.1 Å². The van der Waals surface area contributed by atoms with Gasteiger partial charge in [0.15, 0.2) is 5.79 Å². The summed E-state index contributed by atoms with van der Waals surface area (Å²) in [7, 11) is 0. The smallest absolute Gasteiger partial charge is 0.323 e. The van der Waals surface area contributed by atoms with Crippen LogP contribution in [0.5, 0.6) is 0 Å². The first-order valence-corrected chi connectivity index (χ1v) is 7.29. The predicted octanol–water partition coefficient (Wildman–Crippen LogP) is 1.91. The Bertz CT molecular complexity index is 317. The normalized spacial score (nSPS) is 26.4. The van der Waals surface area contributed by atoms with Crippen LogP contribution in [0.4, 0.5) is 0 Å². The van der Waals surface area contributed by atoms with Crippen LogP contribution < -0.4 is 5.32 Å². The first kappa shape index (κ1) is 14.8. The lowest BCUT2D eigenvalue weighted by Crippen LogP contribution is -2.55. The van der Waals surface area contributed by atoms with E-state index in [1.165, 1.54) is 0 Å². The van der Waals surface area contributed by atoms with Gasteiger partial charge in [0.1, 0.15) is 5.54 Å². The van der Waals surface area contributed by atoms with Crippen molar-refractivity contribution in [2.45, 2.75) is 69.7 Å². The van der Waals surface area contributed by atoms with E-state index in [-0.39, 0.29) is 11.8 Å². The van der Waals surface area contributed by atoms with Crippen molar-refractivity contribution < 1.29 is 19.4 Å². The van der Waals surface area contributed by atoms with E-state index in [0.29, 0.717) is 19.6 Å². The van der Waals surface area contributed by atoms with Gasteiger partial charge in [-0.15, -0.1) is 0 Å². The standard InChI is InChI=1S/C14H25NO4/c1-3-6-13(2,12(16)17)15-11-4-7-14(8-5-11)18-9-10-19-14/h11,15H,3-10H2,1-2H3,(H,16,17). The third kappa shape index (κ3) is 3.27. The highest BCUT2D eigenvalue weighted by Crippen LogP contribution is 2.36. The zero-order valence-corrected chi connectivity index (χ0v) is 11.9. The molecule has 2 aliphatic rings. The minimum atomic E-state index is -0.818. The minimum Gasteiger partial charge on any atom is -0.480 e. The van der Waals surface area contributed by atoms with Crippen LogP contribution in [0.2, 0.25) is 0 Å². The molecule has 5 nitrogen and oxygen atoms in total. The van der Waals surface area contributed by atoms with E-state index in [4.69, 9.17) is 9.47 Å². The van der Waals surface area contributed by atoms with Crippen LogP contribution in [0.3, 0.4) is 0 Å². The van der Waals surface area contributed by atoms with E-state index < -0.39 is 11.5 Å². The zero-order chi connectivity index (χ0) is 13.9. The summed E-state index contributed by atoms with van der Waals surface area (Å²) in [5, 5.41) is 12.7. The first-order valence-electron chi connectivity index (χ1n) is 7.29. The van der Waals surface area contributed by atoms with Crippen LogP contribution in [0.15, 0.2) is 0 Å². The van der Waals surface area contributed by atoms with Crippen molar-refractivity contribution >= 4 is 5.97 Å². The second-order valence-electron chi connectivity index (χ2n) is 5.91. The van der Waals surface area contributed by atoms with Crippen LogP contribution in [-0.2, 0) is 14.3 Å². The fourth-order valence-electron chi connectivity index (χ4n) is 3.18. The number of carboxylic acid groups (broad SMARTS) is 1. The van der Waals surface area contributed by atoms with E-state index in [9.17, 15) is 9.90 Å². The molecule has 1 spiro atoms. The molecule has 1 unspecified atom stereocenters. The number of carboxylic acids is 1. The molecule has 0 bridgehead atoms. The van der Waals surface area contributed by atoms with Gasteiger partial charge in [0, 0.05) is 18.9 Å². The highest BCUT2D eigenvalue weighted by atomic mass is 16.7. The molecule has 2 rings (SSSR count). The maximum absolute atomic E-state index is 11.4. The number of aliphatic carboxylic acids is 1. The molecular formula is C14H25NO4. The molecule has 110 valence electrons. The maximum Gasteiger partial charge on any atom is 0.323 e. The molecule has 1 heterocycles. The third-order valence-corrected chi connectivity index (χ3v) is 4.31. The van der Waals surface area contributed by atoms with Crippen molar-refractivity contribution in [1.82, 2.24) is 5.32 Å². The first-order chi connectivity index (χ1) is 9.00. The van der Waals surface area contributed by atoms with Crippen molar-refractivity contribution in [3.63, 3.8) is 0 Å². The summed E-state index contributed by atoms with van der Waals surface area (Å²) in [6.07, 6.45) is 5.04. The largest absolute Gasteiger partial charge is 0.480 e.